The molecular formula is C19H21N5S2. The van der Waals surface area contributed by atoms with Crippen LogP contribution < -0.4 is 11.1 Å². The monoisotopic (exact) mass is 383 g/mol. The second-order valence-corrected chi connectivity index (χ2v) is 8.35. The van der Waals surface area contributed by atoms with Gasteiger partial charge in [-0.1, -0.05) is 35.2 Å². The number of thiazole rings is 1. The number of rotatable bonds is 5. The maximum atomic E-state index is 5.83. The molecule has 0 radical (unpaired) electrons. The molecule has 0 bridgehead atoms. The lowest BCUT2D eigenvalue weighted by Crippen LogP contribution is -2.17. The third-order valence-corrected chi connectivity index (χ3v) is 6.27. The van der Waals surface area contributed by atoms with Gasteiger partial charge in [-0.15, -0.1) is 0 Å². The fourth-order valence-electron chi connectivity index (χ4n) is 2.78. The molecule has 1 aliphatic rings. The Morgan fingerprint density at radius 2 is 2.08 bits per heavy atom. The van der Waals surface area contributed by atoms with E-state index in [-0.39, 0.29) is 0 Å². The molecule has 0 atom stereocenters. The van der Waals surface area contributed by atoms with Crippen LogP contribution in [-0.2, 0) is 6.42 Å². The van der Waals surface area contributed by atoms with Crippen LogP contribution in [0.3, 0.4) is 0 Å². The largest absolute Gasteiger partial charge is 0.399 e. The number of hydrogen-bond acceptors (Lipinski definition) is 6. The Morgan fingerprint density at radius 1 is 1.23 bits per heavy atom. The standard InChI is InChI=1S/C19H21N5S2/c1-24-10-11-25-19(24)22-15-5-2-13(3-6-15)8-9-21-18-23-16-7-4-14(20)12-17(16)26-18/h2-7,12H,8-11,20H2,1H3,(H,21,23). The number of aromatic nitrogens is 1. The summed E-state index contributed by atoms with van der Waals surface area (Å²) >= 11 is 3.46. The Kier molecular flexibility index (Phi) is 4.99. The van der Waals surface area contributed by atoms with Gasteiger partial charge in [-0.3, -0.25) is 0 Å². The second kappa shape index (κ2) is 7.55. The molecule has 26 heavy (non-hydrogen) atoms. The number of thioether (sulfide) groups is 1. The number of amidine groups is 1. The average molecular weight is 384 g/mol. The molecule has 0 amide bonds. The molecular weight excluding hydrogens is 362 g/mol. The topological polar surface area (TPSA) is 66.5 Å². The van der Waals surface area contributed by atoms with Crippen LogP contribution in [-0.4, -0.2) is 40.9 Å². The Labute approximate surface area is 161 Å². The smallest absolute Gasteiger partial charge is 0.183 e. The van der Waals surface area contributed by atoms with Gasteiger partial charge < -0.3 is 16.0 Å². The number of aliphatic imine (C=N–C) groups is 1. The van der Waals surface area contributed by atoms with Crippen LogP contribution in [0.2, 0.25) is 0 Å². The van der Waals surface area contributed by atoms with Crippen molar-refractivity contribution in [3.05, 3.63) is 48.0 Å². The Hall–Kier alpha value is -2.25. The number of nitrogen functional groups attached to an aromatic ring is 1. The molecule has 2 aromatic carbocycles. The molecule has 5 nitrogen and oxygen atoms in total. The first-order valence-electron chi connectivity index (χ1n) is 8.59. The van der Waals surface area contributed by atoms with E-state index >= 15 is 0 Å². The summed E-state index contributed by atoms with van der Waals surface area (Å²) < 4.78 is 1.12. The minimum absolute atomic E-state index is 0.776. The van der Waals surface area contributed by atoms with E-state index in [1.54, 1.807) is 11.3 Å². The Morgan fingerprint density at radius 3 is 2.85 bits per heavy atom. The summed E-state index contributed by atoms with van der Waals surface area (Å²) in [5.74, 6) is 1.12. The molecule has 7 heteroatoms. The lowest BCUT2D eigenvalue weighted by atomic mass is 10.1. The second-order valence-electron chi connectivity index (χ2n) is 6.25. The molecule has 0 aliphatic carbocycles. The van der Waals surface area contributed by atoms with Gasteiger partial charge in [0, 0.05) is 31.6 Å². The predicted molar refractivity (Wildman–Crippen MR) is 115 cm³/mol. The van der Waals surface area contributed by atoms with Gasteiger partial charge in [-0.25, -0.2) is 9.98 Å². The number of nitrogens with zero attached hydrogens (tertiary/aromatic N) is 3. The summed E-state index contributed by atoms with van der Waals surface area (Å²) in [6.07, 6.45) is 0.948. The van der Waals surface area contributed by atoms with Crippen molar-refractivity contribution in [3.8, 4) is 0 Å². The van der Waals surface area contributed by atoms with Crippen molar-refractivity contribution < 1.29 is 0 Å². The van der Waals surface area contributed by atoms with Gasteiger partial charge in [-0.05, 0) is 42.3 Å². The zero-order chi connectivity index (χ0) is 17.9. The predicted octanol–water partition coefficient (Wildman–Crippen LogP) is 4.20. The number of nitrogens with one attached hydrogen (secondary N) is 1. The first-order chi connectivity index (χ1) is 12.7. The summed E-state index contributed by atoms with van der Waals surface area (Å²) in [5, 5.41) is 5.46. The summed E-state index contributed by atoms with van der Waals surface area (Å²) in [7, 11) is 2.09. The fourth-order valence-corrected chi connectivity index (χ4v) is 4.74. The van der Waals surface area contributed by atoms with Gasteiger partial charge in [0.1, 0.15) is 0 Å². The van der Waals surface area contributed by atoms with Crippen LogP contribution in [0, 0.1) is 0 Å². The summed E-state index contributed by atoms with van der Waals surface area (Å²) in [4.78, 5) is 11.5. The van der Waals surface area contributed by atoms with E-state index in [0.717, 1.165) is 57.2 Å². The summed E-state index contributed by atoms with van der Waals surface area (Å²) in [6.45, 7) is 1.92. The van der Waals surface area contributed by atoms with Crippen molar-refractivity contribution in [3.63, 3.8) is 0 Å². The number of hydrogen-bond donors (Lipinski definition) is 2. The lowest BCUT2D eigenvalue weighted by Gasteiger charge is -2.09. The van der Waals surface area contributed by atoms with Crippen molar-refractivity contribution in [2.45, 2.75) is 6.42 Å². The highest BCUT2D eigenvalue weighted by atomic mass is 32.2. The zero-order valence-corrected chi connectivity index (χ0v) is 16.2. The first-order valence-corrected chi connectivity index (χ1v) is 10.4. The summed E-state index contributed by atoms with van der Waals surface area (Å²) in [5.41, 5.74) is 9.90. The highest BCUT2D eigenvalue weighted by Crippen LogP contribution is 2.27. The van der Waals surface area contributed by atoms with Crippen molar-refractivity contribution in [2.75, 3.05) is 36.9 Å². The third kappa shape index (κ3) is 3.94. The molecule has 2 heterocycles. The Bertz CT molecular complexity index is 933. The van der Waals surface area contributed by atoms with E-state index < -0.39 is 0 Å². The minimum atomic E-state index is 0.776. The van der Waals surface area contributed by atoms with Crippen LogP contribution in [0.25, 0.3) is 10.2 Å². The Balaban J connectivity index is 1.34. The molecule has 1 aliphatic heterocycles. The van der Waals surface area contributed by atoms with Crippen molar-refractivity contribution in [1.82, 2.24) is 9.88 Å². The number of benzene rings is 2. The molecule has 1 fully saturated rings. The van der Waals surface area contributed by atoms with Gasteiger partial charge in [0.25, 0.3) is 0 Å². The molecule has 0 saturated carbocycles. The molecule has 1 saturated heterocycles. The fraction of sp³-hybridized carbons (Fsp3) is 0.263. The maximum absolute atomic E-state index is 5.83. The molecule has 134 valence electrons. The molecule has 3 N–H and O–H groups in total. The van der Waals surface area contributed by atoms with Crippen LogP contribution in [0.1, 0.15) is 5.56 Å². The van der Waals surface area contributed by atoms with E-state index in [2.05, 4.69) is 46.5 Å². The quantitative estimate of drug-likeness (QED) is 0.647. The van der Waals surface area contributed by atoms with E-state index in [1.807, 2.05) is 30.0 Å². The maximum Gasteiger partial charge on any atom is 0.183 e. The highest BCUT2D eigenvalue weighted by molar-refractivity contribution is 8.14. The van der Waals surface area contributed by atoms with E-state index in [9.17, 15) is 0 Å². The molecule has 1 aromatic heterocycles. The molecule has 0 unspecified atom stereocenters. The van der Waals surface area contributed by atoms with E-state index in [1.165, 1.54) is 5.56 Å². The van der Waals surface area contributed by atoms with Crippen molar-refractivity contribution in [2.24, 2.45) is 4.99 Å². The highest BCUT2D eigenvalue weighted by Gasteiger charge is 2.14. The zero-order valence-electron chi connectivity index (χ0n) is 14.6. The SMILES string of the molecule is CN1CCSC1=Nc1ccc(CCNc2nc3ccc(N)cc3s2)cc1. The van der Waals surface area contributed by atoms with Crippen molar-refractivity contribution in [1.29, 1.82) is 0 Å². The van der Waals surface area contributed by atoms with Gasteiger partial charge in [0.15, 0.2) is 10.3 Å². The van der Waals surface area contributed by atoms with E-state index in [4.69, 9.17) is 10.7 Å². The number of nitrogens with two attached hydrogens (primary N) is 1. The van der Waals surface area contributed by atoms with Gasteiger partial charge in [-0.2, -0.15) is 0 Å². The molecule has 4 rings (SSSR count). The van der Waals surface area contributed by atoms with Gasteiger partial charge >= 0.3 is 0 Å². The van der Waals surface area contributed by atoms with Gasteiger partial charge in [0.05, 0.1) is 15.9 Å². The van der Waals surface area contributed by atoms with Crippen LogP contribution in [0.5, 0.6) is 0 Å². The summed E-state index contributed by atoms with van der Waals surface area (Å²) in [6, 6.07) is 14.3. The van der Waals surface area contributed by atoms with Gasteiger partial charge in [0.2, 0.25) is 0 Å². The lowest BCUT2D eigenvalue weighted by molar-refractivity contribution is 0.563. The van der Waals surface area contributed by atoms with Crippen LogP contribution in [0.15, 0.2) is 47.5 Å². The normalized spacial score (nSPS) is 15.9. The first kappa shape index (κ1) is 17.2. The van der Waals surface area contributed by atoms with Crippen LogP contribution >= 0.6 is 23.1 Å². The van der Waals surface area contributed by atoms with E-state index in [0.29, 0.717) is 0 Å². The molecule has 0 spiro atoms. The third-order valence-electron chi connectivity index (χ3n) is 4.25. The molecule has 3 aromatic rings. The number of anilines is 2. The minimum Gasteiger partial charge on any atom is -0.399 e. The van der Waals surface area contributed by atoms with Crippen molar-refractivity contribution >= 4 is 55.0 Å². The average Bonchev–Trinajstić information content (AvgIpc) is 3.22. The number of fused-ring (bicyclic) bond motifs is 1. The van der Waals surface area contributed by atoms with Crippen LogP contribution in [0.4, 0.5) is 16.5 Å².